The van der Waals surface area contributed by atoms with Gasteiger partial charge in [-0.1, -0.05) is 54.1 Å². The maximum Gasteiger partial charge on any atom is 0.431 e. The first-order valence-electron chi connectivity index (χ1n) is 10.4. The summed E-state index contributed by atoms with van der Waals surface area (Å²) in [4.78, 5) is 12.8. The highest BCUT2D eigenvalue weighted by Crippen LogP contribution is 2.46. The molecule has 9 heteroatoms. The van der Waals surface area contributed by atoms with Gasteiger partial charge in [0, 0.05) is 22.9 Å². The summed E-state index contributed by atoms with van der Waals surface area (Å²) < 4.78 is 50.4. The van der Waals surface area contributed by atoms with Crippen LogP contribution in [0.1, 0.15) is 16.8 Å². The SMILES string of the molecule is Cc1c(-c2ccc(Cl)cc2)c(OC2CN(C=O)CCS2)n(Cc2ccccc2)c1C(F)(F)F. The average molecular weight is 495 g/mol. The lowest BCUT2D eigenvalue weighted by Crippen LogP contribution is -2.39. The molecule has 2 aromatic carbocycles. The Kier molecular flexibility index (Phi) is 6.95. The van der Waals surface area contributed by atoms with Crippen molar-refractivity contribution in [1.82, 2.24) is 9.47 Å². The van der Waals surface area contributed by atoms with E-state index in [1.54, 1.807) is 53.4 Å². The van der Waals surface area contributed by atoms with Crippen molar-refractivity contribution >= 4 is 29.8 Å². The third-order valence-electron chi connectivity index (χ3n) is 5.50. The van der Waals surface area contributed by atoms with E-state index in [1.807, 2.05) is 6.07 Å². The molecule has 2 heterocycles. The molecule has 4 rings (SSSR count). The number of thioether (sulfide) groups is 1. The van der Waals surface area contributed by atoms with Crippen LogP contribution >= 0.6 is 23.4 Å². The minimum Gasteiger partial charge on any atom is -0.462 e. The Morgan fingerprint density at radius 3 is 2.48 bits per heavy atom. The van der Waals surface area contributed by atoms with Crippen LogP contribution in [0.15, 0.2) is 54.6 Å². The van der Waals surface area contributed by atoms with Gasteiger partial charge < -0.3 is 14.2 Å². The van der Waals surface area contributed by atoms with Crippen LogP contribution < -0.4 is 4.74 Å². The van der Waals surface area contributed by atoms with E-state index in [1.165, 1.54) is 23.3 Å². The van der Waals surface area contributed by atoms with Crippen molar-refractivity contribution < 1.29 is 22.7 Å². The minimum absolute atomic E-state index is 0.00573. The second-order valence-corrected chi connectivity index (χ2v) is 9.45. The van der Waals surface area contributed by atoms with Crippen LogP contribution in [0, 0.1) is 6.92 Å². The molecule has 0 bridgehead atoms. The molecule has 0 spiro atoms. The fourth-order valence-electron chi connectivity index (χ4n) is 4.01. The van der Waals surface area contributed by atoms with Gasteiger partial charge in [0.25, 0.3) is 0 Å². The van der Waals surface area contributed by atoms with E-state index in [2.05, 4.69) is 0 Å². The molecule has 1 fully saturated rings. The second-order valence-electron chi connectivity index (χ2n) is 7.75. The molecule has 1 aliphatic rings. The maximum atomic E-state index is 14.3. The van der Waals surface area contributed by atoms with Crippen molar-refractivity contribution in [2.24, 2.45) is 0 Å². The molecule has 0 saturated carbocycles. The van der Waals surface area contributed by atoms with Crippen molar-refractivity contribution in [1.29, 1.82) is 0 Å². The van der Waals surface area contributed by atoms with Gasteiger partial charge in [-0.05, 0) is 35.7 Å². The Hall–Kier alpha value is -2.58. The summed E-state index contributed by atoms with van der Waals surface area (Å²) in [6.45, 7) is 2.34. The first kappa shape index (κ1) is 23.6. The number of hydrogen-bond acceptors (Lipinski definition) is 3. The number of carbonyl (C=O) groups is 1. The number of hydrogen-bond donors (Lipinski definition) is 0. The number of ether oxygens (including phenoxy) is 1. The van der Waals surface area contributed by atoms with Crippen LogP contribution in [-0.4, -0.2) is 40.2 Å². The zero-order chi connectivity index (χ0) is 23.6. The van der Waals surface area contributed by atoms with E-state index in [9.17, 15) is 18.0 Å². The smallest absolute Gasteiger partial charge is 0.431 e. The Labute approximate surface area is 199 Å². The lowest BCUT2D eigenvalue weighted by molar-refractivity contribution is -0.144. The quantitative estimate of drug-likeness (QED) is 0.389. The van der Waals surface area contributed by atoms with Crippen LogP contribution in [0.5, 0.6) is 5.88 Å². The van der Waals surface area contributed by atoms with E-state index in [4.69, 9.17) is 16.3 Å². The fraction of sp³-hybridized carbons (Fsp3) is 0.292. The molecule has 33 heavy (non-hydrogen) atoms. The zero-order valence-corrected chi connectivity index (χ0v) is 19.4. The van der Waals surface area contributed by atoms with Crippen LogP contribution in [0.3, 0.4) is 0 Å². The Bertz CT molecular complexity index is 1120. The molecule has 0 aliphatic carbocycles. The van der Waals surface area contributed by atoms with E-state index < -0.39 is 17.3 Å². The zero-order valence-electron chi connectivity index (χ0n) is 17.8. The van der Waals surface area contributed by atoms with Crippen LogP contribution in [-0.2, 0) is 17.5 Å². The lowest BCUT2D eigenvalue weighted by atomic mass is 10.0. The topological polar surface area (TPSA) is 34.5 Å². The molecule has 1 aliphatic heterocycles. The third kappa shape index (κ3) is 5.17. The van der Waals surface area contributed by atoms with Gasteiger partial charge in [0.15, 0.2) is 5.44 Å². The fourth-order valence-corrected chi connectivity index (χ4v) is 5.19. The van der Waals surface area contributed by atoms with Crippen molar-refractivity contribution in [2.75, 3.05) is 18.8 Å². The van der Waals surface area contributed by atoms with Gasteiger partial charge in [0.05, 0.1) is 13.1 Å². The molecule has 4 nitrogen and oxygen atoms in total. The normalized spacial score (nSPS) is 16.6. The van der Waals surface area contributed by atoms with Crippen molar-refractivity contribution in [2.45, 2.75) is 25.1 Å². The number of nitrogens with zero attached hydrogens (tertiary/aromatic N) is 2. The number of amides is 1. The predicted octanol–water partition coefficient (Wildman–Crippen LogP) is 6.09. The van der Waals surface area contributed by atoms with Crippen molar-refractivity contribution in [3.8, 4) is 17.0 Å². The highest BCUT2D eigenvalue weighted by atomic mass is 35.5. The van der Waals surface area contributed by atoms with Crippen LogP contribution in [0.25, 0.3) is 11.1 Å². The molecule has 0 N–H and O–H groups in total. The monoisotopic (exact) mass is 494 g/mol. The maximum absolute atomic E-state index is 14.3. The largest absolute Gasteiger partial charge is 0.462 e. The van der Waals surface area contributed by atoms with Crippen molar-refractivity contribution in [3.05, 3.63) is 76.4 Å². The van der Waals surface area contributed by atoms with Gasteiger partial charge in [-0.3, -0.25) is 4.79 Å². The van der Waals surface area contributed by atoms with Gasteiger partial charge in [-0.15, -0.1) is 11.8 Å². The molecule has 174 valence electrons. The first-order valence-corrected chi connectivity index (χ1v) is 11.8. The summed E-state index contributed by atoms with van der Waals surface area (Å²) in [6.07, 6.45) is -3.85. The highest BCUT2D eigenvalue weighted by Gasteiger charge is 2.41. The predicted molar refractivity (Wildman–Crippen MR) is 125 cm³/mol. The Balaban J connectivity index is 1.89. The third-order valence-corrected chi connectivity index (χ3v) is 6.79. The number of aromatic nitrogens is 1. The Morgan fingerprint density at radius 2 is 1.85 bits per heavy atom. The van der Waals surface area contributed by atoms with E-state index in [0.29, 0.717) is 35.0 Å². The number of halogens is 4. The number of alkyl halides is 3. The molecule has 1 atom stereocenters. The van der Waals surface area contributed by atoms with Crippen LogP contribution in [0.4, 0.5) is 13.2 Å². The summed E-state index contributed by atoms with van der Waals surface area (Å²) in [5.41, 5.74) is 0.524. The molecule has 0 radical (unpaired) electrons. The highest BCUT2D eigenvalue weighted by molar-refractivity contribution is 7.99. The molecular formula is C24H22ClF3N2O2S. The van der Waals surface area contributed by atoms with Gasteiger partial charge in [0.2, 0.25) is 12.3 Å². The number of rotatable bonds is 6. The van der Waals surface area contributed by atoms with Gasteiger partial charge in [-0.2, -0.15) is 13.2 Å². The standard InChI is InChI=1S/C24H22ClF3N2O2S/c1-16-21(18-7-9-19(25)10-8-18)23(32-20-14-29(15-31)11-12-33-20)30(22(16)24(26,27)28)13-17-5-3-2-4-6-17/h2-10,15,20H,11-14H2,1H3. The summed E-state index contributed by atoms with van der Waals surface area (Å²) in [7, 11) is 0. The molecular weight excluding hydrogens is 473 g/mol. The molecule has 1 saturated heterocycles. The first-order chi connectivity index (χ1) is 15.8. The second kappa shape index (κ2) is 9.73. The lowest BCUT2D eigenvalue weighted by Gasteiger charge is -2.30. The Morgan fingerprint density at radius 1 is 1.15 bits per heavy atom. The summed E-state index contributed by atoms with van der Waals surface area (Å²) in [6, 6.07) is 15.6. The van der Waals surface area contributed by atoms with E-state index in [0.717, 1.165) is 12.0 Å². The summed E-state index contributed by atoms with van der Waals surface area (Å²) in [5, 5.41) is 0.489. The molecule has 3 aromatic rings. The summed E-state index contributed by atoms with van der Waals surface area (Å²) in [5.74, 6) is 0.778. The molecule has 1 aromatic heterocycles. The van der Waals surface area contributed by atoms with Gasteiger partial charge in [-0.25, -0.2) is 0 Å². The van der Waals surface area contributed by atoms with Crippen molar-refractivity contribution in [3.63, 3.8) is 0 Å². The van der Waals surface area contributed by atoms with Crippen LogP contribution in [0.2, 0.25) is 5.02 Å². The van der Waals surface area contributed by atoms with E-state index >= 15 is 0 Å². The van der Waals surface area contributed by atoms with Gasteiger partial charge >= 0.3 is 6.18 Å². The average Bonchev–Trinajstić information content (AvgIpc) is 3.06. The minimum atomic E-state index is -4.59. The number of carbonyl (C=O) groups excluding carboxylic acids is 1. The molecule has 1 unspecified atom stereocenters. The summed E-state index contributed by atoms with van der Waals surface area (Å²) >= 11 is 7.51. The van der Waals surface area contributed by atoms with E-state index in [-0.39, 0.29) is 18.0 Å². The number of benzene rings is 2. The van der Waals surface area contributed by atoms with Gasteiger partial charge in [0.1, 0.15) is 5.69 Å². The molecule has 1 amide bonds.